The van der Waals surface area contributed by atoms with E-state index >= 15 is 0 Å². The molecule has 7 nitrogen and oxygen atoms in total. The van der Waals surface area contributed by atoms with Crippen molar-refractivity contribution < 1.29 is 34.4 Å². The first kappa shape index (κ1) is 21.6. The summed E-state index contributed by atoms with van der Waals surface area (Å²) in [6, 6.07) is 0. The van der Waals surface area contributed by atoms with Gasteiger partial charge >= 0.3 is 11.9 Å². The van der Waals surface area contributed by atoms with Crippen LogP contribution in [0.2, 0.25) is 0 Å². The zero-order valence-corrected chi connectivity index (χ0v) is 12.4. The highest BCUT2D eigenvalue weighted by molar-refractivity contribution is 5.86. The number of carbonyl (C=O) groups excluding carboxylic acids is 2. The van der Waals surface area contributed by atoms with Crippen molar-refractivity contribution in [1.29, 1.82) is 0 Å². The first-order chi connectivity index (χ1) is 9.78. The number of aliphatic hydroxyl groups excluding tert-OH is 3. The molecule has 0 fully saturated rings. The van der Waals surface area contributed by atoms with Crippen molar-refractivity contribution in [2.45, 2.75) is 39.1 Å². The van der Waals surface area contributed by atoms with Gasteiger partial charge in [-0.05, 0) is 6.92 Å². The molecule has 0 rings (SSSR count). The van der Waals surface area contributed by atoms with Gasteiger partial charge in [-0.25, -0.2) is 9.59 Å². The van der Waals surface area contributed by atoms with Gasteiger partial charge in [0.25, 0.3) is 0 Å². The second-order valence-electron chi connectivity index (χ2n) is 4.10. The summed E-state index contributed by atoms with van der Waals surface area (Å²) in [7, 11) is 0. The fraction of sp³-hybridized carbons (Fsp3) is 0.571. The maximum atomic E-state index is 10.6. The van der Waals surface area contributed by atoms with Crippen molar-refractivity contribution in [3.05, 3.63) is 24.8 Å². The summed E-state index contributed by atoms with van der Waals surface area (Å²) in [6.45, 7) is 9.32. The van der Waals surface area contributed by atoms with Crippen LogP contribution in [0.25, 0.3) is 0 Å². The third-order valence-corrected chi connectivity index (χ3v) is 1.92. The molecule has 2 unspecified atom stereocenters. The second kappa shape index (κ2) is 13.3. The zero-order chi connectivity index (χ0) is 16.8. The molecule has 0 aliphatic heterocycles. The van der Waals surface area contributed by atoms with E-state index in [-0.39, 0.29) is 12.2 Å². The summed E-state index contributed by atoms with van der Waals surface area (Å²) in [5.41, 5.74) is 0.273. The van der Waals surface area contributed by atoms with Crippen molar-refractivity contribution in [2.24, 2.45) is 0 Å². The summed E-state index contributed by atoms with van der Waals surface area (Å²) in [4.78, 5) is 21.0. The maximum Gasteiger partial charge on any atom is 0.333 e. The van der Waals surface area contributed by atoms with E-state index in [0.717, 1.165) is 12.5 Å². The lowest BCUT2D eigenvalue weighted by Gasteiger charge is -2.07. The molecule has 2 atom stereocenters. The molecular weight excluding hydrogens is 280 g/mol. The highest BCUT2D eigenvalue weighted by Gasteiger charge is 2.07. The summed E-state index contributed by atoms with van der Waals surface area (Å²) < 4.78 is 8.95. The lowest BCUT2D eigenvalue weighted by molar-refractivity contribution is -0.162. The molecule has 0 spiro atoms. The van der Waals surface area contributed by atoms with Crippen LogP contribution in [0.1, 0.15) is 26.7 Å². The van der Waals surface area contributed by atoms with E-state index in [4.69, 9.17) is 15.3 Å². The first-order valence-corrected chi connectivity index (χ1v) is 6.41. The summed E-state index contributed by atoms with van der Waals surface area (Å²) in [6.07, 6.45) is 0.304. The van der Waals surface area contributed by atoms with Gasteiger partial charge in [0.05, 0.1) is 6.61 Å². The standard InChI is InChI=1S/C7H12O4.C7H12O3/c1-5(2)7(10)11-4-6(9)3-8;1-3-5-7(9)10-6(8)4-2/h6,8-9H,1,3-4H2,2H3;4,7,9H,2-3,5H2,1H3. The van der Waals surface area contributed by atoms with Crippen LogP contribution in [-0.2, 0) is 19.1 Å². The van der Waals surface area contributed by atoms with E-state index in [1.807, 2.05) is 6.92 Å². The minimum atomic E-state index is -1.00. The van der Waals surface area contributed by atoms with Gasteiger partial charge in [0.1, 0.15) is 12.7 Å². The molecule has 0 saturated carbocycles. The van der Waals surface area contributed by atoms with Crippen LogP contribution in [0.3, 0.4) is 0 Å². The van der Waals surface area contributed by atoms with Gasteiger partial charge in [0.2, 0.25) is 6.29 Å². The lowest BCUT2D eigenvalue weighted by atomic mass is 10.3. The molecule has 0 heterocycles. The van der Waals surface area contributed by atoms with E-state index in [0.29, 0.717) is 6.42 Å². The van der Waals surface area contributed by atoms with Gasteiger partial charge < -0.3 is 24.8 Å². The number of esters is 2. The van der Waals surface area contributed by atoms with Crippen LogP contribution < -0.4 is 0 Å². The summed E-state index contributed by atoms with van der Waals surface area (Å²) >= 11 is 0. The molecule has 122 valence electrons. The average molecular weight is 304 g/mol. The minimum absolute atomic E-state index is 0.192. The Morgan fingerprint density at radius 3 is 2.29 bits per heavy atom. The van der Waals surface area contributed by atoms with Crippen LogP contribution in [0.4, 0.5) is 0 Å². The number of hydrogen-bond acceptors (Lipinski definition) is 7. The Kier molecular flexibility index (Phi) is 13.7. The SMILES string of the molecule is C=C(C)C(=O)OCC(O)CO.C=CC(=O)OC(O)CCC. The molecule has 0 amide bonds. The van der Waals surface area contributed by atoms with E-state index in [1.165, 1.54) is 6.92 Å². The minimum Gasteiger partial charge on any atom is -0.460 e. The molecule has 3 N–H and O–H groups in total. The Labute approximate surface area is 124 Å². The lowest BCUT2D eigenvalue weighted by Crippen LogP contribution is -2.22. The quantitative estimate of drug-likeness (QED) is 0.335. The van der Waals surface area contributed by atoms with Crippen molar-refractivity contribution >= 4 is 11.9 Å². The Morgan fingerprint density at radius 1 is 1.33 bits per heavy atom. The van der Waals surface area contributed by atoms with E-state index < -0.39 is 30.9 Å². The topological polar surface area (TPSA) is 113 Å². The van der Waals surface area contributed by atoms with Crippen molar-refractivity contribution in [1.82, 2.24) is 0 Å². The number of carbonyl (C=O) groups is 2. The Bertz CT molecular complexity index is 338. The normalized spacial score (nSPS) is 12.2. The molecule has 0 aromatic heterocycles. The van der Waals surface area contributed by atoms with Crippen LogP contribution in [0.5, 0.6) is 0 Å². The molecule has 7 heteroatoms. The molecule has 0 aromatic rings. The Morgan fingerprint density at radius 2 is 1.90 bits per heavy atom. The molecular formula is C14H24O7. The van der Waals surface area contributed by atoms with Gasteiger partial charge in [0.15, 0.2) is 0 Å². The van der Waals surface area contributed by atoms with Crippen molar-refractivity contribution in [2.75, 3.05) is 13.2 Å². The fourth-order valence-corrected chi connectivity index (χ4v) is 0.836. The van der Waals surface area contributed by atoms with Gasteiger partial charge in [-0.3, -0.25) is 0 Å². The highest BCUT2D eigenvalue weighted by atomic mass is 16.6. The van der Waals surface area contributed by atoms with Gasteiger partial charge in [-0.15, -0.1) is 0 Å². The second-order valence-corrected chi connectivity index (χ2v) is 4.10. The molecule has 0 aromatic carbocycles. The van der Waals surface area contributed by atoms with Crippen LogP contribution in [0, 0.1) is 0 Å². The fourth-order valence-electron chi connectivity index (χ4n) is 0.836. The predicted molar refractivity (Wildman–Crippen MR) is 76.1 cm³/mol. The first-order valence-electron chi connectivity index (χ1n) is 6.41. The molecule has 0 aliphatic carbocycles. The highest BCUT2D eigenvalue weighted by Crippen LogP contribution is 1.97. The monoisotopic (exact) mass is 304 g/mol. The molecule has 0 aliphatic rings. The van der Waals surface area contributed by atoms with Crippen molar-refractivity contribution in [3.63, 3.8) is 0 Å². The van der Waals surface area contributed by atoms with Crippen LogP contribution in [0.15, 0.2) is 24.8 Å². The number of hydrogen-bond donors (Lipinski definition) is 3. The molecule has 0 radical (unpaired) electrons. The summed E-state index contributed by atoms with van der Waals surface area (Å²) in [5.74, 6) is -1.14. The van der Waals surface area contributed by atoms with Crippen LogP contribution >= 0.6 is 0 Å². The predicted octanol–water partition coefficient (Wildman–Crippen LogP) is 0.293. The van der Waals surface area contributed by atoms with Crippen LogP contribution in [-0.4, -0.2) is 52.9 Å². The largest absolute Gasteiger partial charge is 0.460 e. The summed E-state index contributed by atoms with van der Waals surface area (Å²) in [5, 5.41) is 25.9. The number of aliphatic hydroxyl groups is 3. The number of rotatable bonds is 8. The van der Waals surface area contributed by atoms with Gasteiger partial charge in [-0.2, -0.15) is 0 Å². The molecule has 21 heavy (non-hydrogen) atoms. The van der Waals surface area contributed by atoms with Crippen molar-refractivity contribution in [3.8, 4) is 0 Å². The average Bonchev–Trinajstić information content (AvgIpc) is 2.44. The third kappa shape index (κ3) is 14.5. The van der Waals surface area contributed by atoms with Gasteiger partial charge in [-0.1, -0.05) is 26.5 Å². The number of ether oxygens (including phenoxy) is 2. The molecule has 0 saturated heterocycles. The maximum absolute atomic E-state index is 10.6. The van der Waals surface area contributed by atoms with E-state index in [2.05, 4.69) is 22.6 Å². The Hall–Kier alpha value is -1.70. The zero-order valence-electron chi connectivity index (χ0n) is 12.4. The van der Waals surface area contributed by atoms with E-state index in [9.17, 15) is 9.59 Å². The van der Waals surface area contributed by atoms with Gasteiger partial charge in [0, 0.05) is 18.1 Å². The Balaban J connectivity index is 0. The molecule has 0 bridgehead atoms. The third-order valence-electron chi connectivity index (χ3n) is 1.92. The van der Waals surface area contributed by atoms with E-state index in [1.54, 1.807) is 0 Å². The smallest absolute Gasteiger partial charge is 0.333 e.